The molecule has 2 N–H and O–H groups in total. The van der Waals surface area contributed by atoms with Crippen molar-refractivity contribution >= 4 is 29.7 Å². The average molecular weight is 345 g/mol. The number of carbonyl (C=O) groups excluding carboxylic acids is 5. The second-order valence-corrected chi connectivity index (χ2v) is 5.63. The van der Waals surface area contributed by atoms with Gasteiger partial charge in [0.05, 0.1) is 18.2 Å². The van der Waals surface area contributed by atoms with Gasteiger partial charge in [0.25, 0.3) is 11.8 Å². The van der Waals surface area contributed by atoms with Crippen molar-refractivity contribution in [2.75, 3.05) is 7.11 Å². The summed E-state index contributed by atoms with van der Waals surface area (Å²) in [5.41, 5.74) is 0.753. The van der Waals surface area contributed by atoms with Crippen LogP contribution in [0.3, 0.4) is 0 Å². The monoisotopic (exact) mass is 345 g/mol. The van der Waals surface area contributed by atoms with Crippen molar-refractivity contribution in [1.82, 2.24) is 15.5 Å². The lowest BCUT2D eigenvalue weighted by atomic mass is 10.0. The molecule has 0 spiro atoms. The summed E-state index contributed by atoms with van der Waals surface area (Å²) < 4.78 is 4.48. The maximum Gasteiger partial charge on any atom is 0.407 e. The zero-order chi connectivity index (χ0) is 18.1. The molecule has 9 heteroatoms. The third kappa shape index (κ3) is 2.84. The van der Waals surface area contributed by atoms with Crippen LogP contribution < -0.4 is 10.6 Å². The molecule has 0 bridgehead atoms. The standard InChI is InChI=1S/C16H15N3O6/c1-25-16(24)17-7-8-3-2-4-9-12(8)15(23)19(14(9)22)10-5-6-11(20)18-13(10)21/h2-4,10H,5-7H2,1H3,(H,17,24)(H,18,20,21). The molecule has 2 aliphatic rings. The fraction of sp³-hybridized carbons (Fsp3) is 0.312. The van der Waals surface area contributed by atoms with E-state index in [2.05, 4.69) is 15.4 Å². The minimum atomic E-state index is -1.02. The molecule has 1 fully saturated rings. The Labute approximate surface area is 142 Å². The number of fused-ring (bicyclic) bond motifs is 1. The van der Waals surface area contributed by atoms with Crippen LogP contribution in [0.15, 0.2) is 18.2 Å². The molecule has 2 heterocycles. The summed E-state index contributed by atoms with van der Waals surface area (Å²) in [5, 5.41) is 4.59. The third-order valence-electron chi connectivity index (χ3n) is 4.16. The molecule has 130 valence electrons. The molecule has 1 unspecified atom stereocenters. The van der Waals surface area contributed by atoms with Crippen LogP contribution in [0, 0.1) is 0 Å². The third-order valence-corrected chi connectivity index (χ3v) is 4.16. The number of piperidine rings is 1. The Morgan fingerprint density at radius 2 is 2.04 bits per heavy atom. The van der Waals surface area contributed by atoms with Crippen LogP contribution in [0.4, 0.5) is 4.79 Å². The van der Waals surface area contributed by atoms with Gasteiger partial charge in [-0.15, -0.1) is 0 Å². The van der Waals surface area contributed by atoms with Crippen molar-refractivity contribution in [3.05, 3.63) is 34.9 Å². The fourth-order valence-corrected chi connectivity index (χ4v) is 2.97. The maximum absolute atomic E-state index is 12.8. The number of imide groups is 2. The van der Waals surface area contributed by atoms with E-state index < -0.39 is 35.8 Å². The van der Waals surface area contributed by atoms with E-state index in [4.69, 9.17) is 0 Å². The highest BCUT2D eigenvalue weighted by molar-refractivity contribution is 6.24. The number of methoxy groups -OCH3 is 1. The predicted octanol–water partition coefficient (Wildman–Crippen LogP) is -0.0562. The predicted molar refractivity (Wildman–Crippen MR) is 82.4 cm³/mol. The maximum atomic E-state index is 12.8. The SMILES string of the molecule is COC(=O)NCc1cccc2c1C(=O)N(C1CCC(=O)NC1=O)C2=O. The minimum absolute atomic E-state index is 0.00193. The largest absolute Gasteiger partial charge is 0.453 e. The quantitative estimate of drug-likeness (QED) is 0.740. The van der Waals surface area contributed by atoms with Crippen LogP contribution >= 0.6 is 0 Å². The summed E-state index contributed by atoms with van der Waals surface area (Å²) in [7, 11) is 1.21. The van der Waals surface area contributed by atoms with Gasteiger partial charge in [0, 0.05) is 13.0 Å². The Hall–Kier alpha value is -3.23. The van der Waals surface area contributed by atoms with Crippen molar-refractivity contribution < 1.29 is 28.7 Å². The molecule has 1 aromatic carbocycles. The number of carbonyl (C=O) groups is 5. The van der Waals surface area contributed by atoms with E-state index in [1.165, 1.54) is 13.2 Å². The van der Waals surface area contributed by atoms with E-state index in [-0.39, 0.29) is 30.5 Å². The van der Waals surface area contributed by atoms with Gasteiger partial charge < -0.3 is 10.1 Å². The number of benzene rings is 1. The summed E-state index contributed by atoms with van der Waals surface area (Å²) in [6, 6.07) is 3.66. The van der Waals surface area contributed by atoms with E-state index >= 15 is 0 Å². The zero-order valence-electron chi connectivity index (χ0n) is 13.3. The minimum Gasteiger partial charge on any atom is -0.453 e. The van der Waals surface area contributed by atoms with Gasteiger partial charge in [-0.05, 0) is 18.1 Å². The molecule has 0 radical (unpaired) electrons. The molecular weight excluding hydrogens is 330 g/mol. The first-order valence-electron chi connectivity index (χ1n) is 7.59. The van der Waals surface area contributed by atoms with Crippen molar-refractivity contribution in [3.63, 3.8) is 0 Å². The van der Waals surface area contributed by atoms with Gasteiger partial charge in [-0.2, -0.15) is 0 Å². The molecule has 25 heavy (non-hydrogen) atoms. The van der Waals surface area contributed by atoms with Crippen molar-refractivity contribution in [2.45, 2.75) is 25.4 Å². The van der Waals surface area contributed by atoms with Gasteiger partial charge in [-0.1, -0.05) is 12.1 Å². The number of hydrogen-bond donors (Lipinski definition) is 2. The van der Waals surface area contributed by atoms with Crippen LogP contribution in [-0.4, -0.2) is 47.8 Å². The Balaban J connectivity index is 1.90. The average Bonchev–Trinajstić information content (AvgIpc) is 2.85. The van der Waals surface area contributed by atoms with E-state index in [0.717, 1.165) is 4.90 Å². The molecule has 0 aromatic heterocycles. The number of alkyl carbamates (subject to hydrolysis) is 1. The second kappa shape index (κ2) is 6.34. The first-order valence-corrected chi connectivity index (χ1v) is 7.59. The number of amides is 5. The molecule has 0 saturated carbocycles. The summed E-state index contributed by atoms with van der Waals surface area (Å²) in [6.45, 7) is -0.00193. The molecule has 1 aromatic rings. The number of nitrogens with zero attached hydrogens (tertiary/aromatic N) is 1. The van der Waals surface area contributed by atoms with Crippen molar-refractivity contribution in [2.24, 2.45) is 0 Å². The lowest BCUT2D eigenvalue weighted by Gasteiger charge is -2.27. The molecule has 2 aliphatic heterocycles. The molecule has 3 rings (SSSR count). The lowest BCUT2D eigenvalue weighted by molar-refractivity contribution is -0.136. The highest BCUT2D eigenvalue weighted by Gasteiger charge is 2.45. The lowest BCUT2D eigenvalue weighted by Crippen LogP contribution is -2.54. The smallest absolute Gasteiger partial charge is 0.407 e. The summed E-state index contributed by atoms with van der Waals surface area (Å²) in [4.78, 5) is 60.8. The Morgan fingerprint density at radius 3 is 2.72 bits per heavy atom. The number of nitrogens with one attached hydrogen (secondary N) is 2. The molecule has 0 aliphatic carbocycles. The van der Waals surface area contributed by atoms with E-state index in [1.54, 1.807) is 12.1 Å². The summed E-state index contributed by atoms with van der Waals surface area (Å²) >= 11 is 0. The van der Waals surface area contributed by atoms with Crippen molar-refractivity contribution in [3.8, 4) is 0 Å². The first-order chi connectivity index (χ1) is 11.9. The van der Waals surface area contributed by atoms with Crippen LogP contribution in [0.2, 0.25) is 0 Å². The van der Waals surface area contributed by atoms with Crippen LogP contribution in [0.5, 0.6) is 0 Å². The molecule has 9 nitrogen and oxygen atoms in total. The molecule has 5 amide bonds. The van der Waals surface area contributed by atoms with Gasteiger partial charge in [-0.3, -0.25) is 29.4 Å². The first kappa shape index (κ1) is 16.6. The van der Waals surface area contributed by atoms with Gasteiger partial charge in [-0.25, -0.2) is 4.79 Å². The zero-order valence-corrected chi connectivity index (χ0v) is 13.3. The van der Waals surface area contributed by atoms with E-state index in [9.17, 15) is 24.0 Å². The van der Waals surface area contributed by atoms with Crippen LogP contribution in [0.25, 0.3) is 0 Å². The Kier molecular flexibility index (Phi) is 4.22. The topological polar surface area (TPSA) is 122 Å². The van der Waals surface area contributed by atoms with Gasteiger partial charge in [0.1, 0.15) is 6.04 Å². The molecule has 1 saturated heterocycles. The van der Waals surface area contributed by atoms with Crippen LogP contribution in [-0.2, 0) is 20.9 Å². The normalized spacial score (nSPS) is 19.6. The van der Waals surface area contributed by atoms with E-state index in [1.807, 2.05) is 0 Å². The van der Waals surface area contributed by atoms with E-state index in [0.29, 0.717) is 5.56 Å². The summed E-state index contributed by atoms with van der Waals surface area (Å²) in [5.74, 6) is -2.30. The number of rotatable bonds is 3. The van der Waals surface area contributed by atoms with Gasteiger partial charge in [0.2, 0.25) is 11.8 Å². The Bertz CT molecular complexity index is 803. The number of ether oxygens (including phenoxy) is 1. The molecular formula is C16H15N3O6. The van der Waals surface area contributed by atoms with Gasteiger partial charge >= 0.3 is 6.09 Å². The summed E-state index contributed by atoms with van der Waals surface area (Å²) in [6.07, 6.45) is -0.525. The number of hydrogen-bond acceptors (Lipinski definition) is 6. The molecule has 1 atom stereocenters. The second-order valence-electron chi connectivity index (χ2n) is 5.63. The Morgan fingerprint density at radius 1 is 1.28 bits per heavy atom. The van der Waals surface area contributed by atoms with Gasteiger partial charge in [0.15, 0.2) is 0 Å². The van der Waals surface area contributed by atoms with Crippen molar-refractivity contribution in [1.29, 1.82) is 0 Å². The highest BCUT2D eigenvalue weighted by Crippen LogP contribution is 2.29. The van der Waals surface area contributed by atoms with Crippen LogP contribution in [0.1, 0.15) is 39.1 Å². The fourth-order valence-electron chi connectivity index (χ4n) is 2.97. The highest BCUT2D eigenvalue weighted by atomic mass is 16.5.